The van der Waals surface area contributed by atoms with Crippen molar-refractivity contribution in [3.63, 3.8) is 0 Å². The van der Waals surface area contributed by atoms with E-state index in [4.69, 9.17) is 25.8 Å². The summed E-state index contributed by atoms with van der Waals surface area (Å²) in [6.45, 7) is 8.82. The molecule has 2 rings (SSSR count). The van der Waals surface area contributed by atoms with Gasteiger partial charge in [-0.15, -0.1) is 0 Å². The van der Waals surface area contributed by atoms with E-state index in [1.54, 1.807) is 4.90 Å². The molecule has 1 aromatic carbocycles. The Hall–Kier alpha value is -0.810. The van der Waals surface area contributed by atoms with Crippen molar-refractivity contribution in [3.05, 3.63) is 28.8 Å². The minimum absolute atomic E-state index is 0.529. The van der Waals surface area contributed by atoms with Crippen molar-refractivity contribution >= 4 is 11.6 Å². The molecule has 1 heterocycles. The van der Waals surface area contributed by atoms with E-state index < -0.39 is 0 Å². The molecule has 0 amide bonds. The Morgan fingerprint density at radius 1 is 1.20 bits per heavy atom. The molecule has 5 heteroatoms. The van der Waals surface area contributed by atoms with Crippen molar-refractivity contribution in [2.45, 2.75) is 6.92 Å². The number of benzene rings is 1. The normalized spacial score (nSPS) is 16.3. The van der Waals surface area contributed by atoms with Gasteiger partial charge >= 0.3 is 0 Å². The predicted octanol–water partition coefficient (Wildman–Crippen LogP) is 0.959. The van der Waals surface area contributed by atoms with Gasteiger partial charge in [-0.3, -0.25) is 0 Å². The van der Waals surface area contributed by atoms with E-state index in [9.17, 15) is 0 Å². The molecule has 0 spiro atoms. The first-order valence-electron chi connectivity index (χ1n) is 7.14. The van der Waals surface area contributed by atoms with Crippen molar-refractivity contribution in [1.82, 2.24) is 0 Å². The fourth-order valence-electron chi connectivity index (χ4n) is 2.16. The van der Waals surface area contributed by atoms with E-state index in [1.165, 1.54) is 0 Å². The van der Waals surface area contributed by atoms with Crippen molar-refractivity contribution in [3.8, 4) is 5.75 Å². The van der Waals surface area contributed by atoms with E-state index in [0.29, 0.717) is 18.2 Å². The maximum absolute atomic E-state index is 6.09. The van der Waals surface area contributed by atoms with Gasteiger partial charge in [0.25, 0.3) is 0 Å². The number of morpholine rings is 1. The van der Waals surface area contributed by atoms with Crippen molar-refractivity contribution < 1.29 is 19.1 Å². The summed E-state index contributed by atoms with van der Waals surface area (Å²) >= 11 is 6.09. The third-order valence-electron chi connectivity index (χ3n) is 3.37. The highest BCUT2D eigenvalue weighted by atomic mass is 35.5. The second-order valence-electron chi connectivity index (χ2n) is 5.01. The zero-order valence-corrected chi connectivity index (χ0v) is 12.7. The summed E-state index contributed by atoms with van der Waals surface area (Å²) in [5.41, 5.74) is 1.13. The number of hydrogen-bond acceptors (Lipinski definition) is 3. The second-order valence-corrected chi connectivity index (χ2v) is 5.41. The minimum atomic E-state index is 0.529. The molecule has 20 heavy (non-hydrogen) atoms. The lowest BCUT2D eigenvalue weighted by Crippen LogP contribution is -3.14. The number of ether oxygens (including phenoxy) is 3. The van der Waals surface area contributed by atoms with Crippen LogP contribution >= 0.6 is 11.6 Å². The first-order valence-corrected chi connectivity index (χ1v) is 7.51. The van der Waals surface area contributed by atoms with Gasteiger partial charge in [-0.25, -0.2) is 0 Å². The fourth-order valence-corrected chi connectivity index (χ4v) is 2.45. The van der Waals surface area contributed by atoms with Crippen LogP contribution in [0.3, 0.4) is 0 Å². The fraction of sp³-hybridized carbons (Fsp3) is 0.600. The molecule has 1 saturated heterocycles. The quantitative estimate of drug-likeness (QED) is 0.761. The van der Waals surface area contributed by atoms with Crippen LogP contribution in [0, 0.1) is 6.92 Å². The molecule has 1 aromatic rings. The number of hydrogen-bond donors (Lipinski definition) is 1. The lowest BCUT2D eigenvalue weighted by Gasteiger charge is -2.23. The zero-order valence-electron chi connectivity index (χ0n) is 12.0. The highest BCUT2D eigenvalue weighted by Gasteiger charge is 2.12. The Kier molecular flexibility index (Phi) is 6.60. The molecule has 0 saturated carbocycles. The van der Waals surface area contributed by atoms with Crippen LogP contribution in [-0.4, -0.2) is 52.7 Å². The van der Waals surface area contributed by atoms with Crippen LogP contribution in [0.25, 0.3) is 0 Å². The summed E-state index contributed by atoms with van der Waals surface area (Å²) in [4.78, 5) is 1.55. The smallest absolute Gasteiger partial charge is 0.138 e. The van der Waals surface area contributed by atoms with Crippen LogP contribution in [0.5, 0.6) is 5.75 Å². The third-order valence-corrected chi connectivity index (χ3v) is 3.67. The SMILES string of the molecule is Cc1ccc(OCCOCC[NH+]2CCOCC2)c(Cl)c1. The molecule has 0 atom stereocenters. The van der Waals surface area contributed by atoms with Gasteiger partial charge in [-0.1, -0.05) is 17.7 Å². The van der Waals surface area contributed by atoms with Crippen LogP contribution < -0.4 is 9.64 Å². The molecule has 112 valence electrons. The Morgan fingerprint density at radius 2 is 2.00 bits per heavy atom. The molecule has 0 aromatic heterocycles. The molecule has 1 aliphatic rings. The number of aryl methyl sites for hydroxylation is 1. The van der Waals surface area contributed by atoms with Crippen LogP contribution in [0.4, 0.5) is 0 Å². The zero-order chi connectivity index (χ0) is 14.2. The van der Waals surface area contributed by atoms with Gasteiger partial charge in [0.1, 0.15) is 32.0 Å². The van der Waals surface area contributed by atoms with Gasteiger partial charge in [0, 0.05) is 0 Å². The van der Waals surface area contributed by atoms with E-state index >= 15 is 0 Å². The number of nitrogens with one attached hydrogen (secondary N) is 1. The topological polar surface area (TPSA) is 32.1 Å². The van der Waals surface area contributed by atoms with Crippen LogP contribution in [0.2, 0.25) is 5.02 Å². The molecule has 1 fully saturated rings. The van der Waals surface area contributed by atoms with E-state index in [1.807, 2.05) is 25.1 Å². The predicted molar refractivity (Wildman–Crippen MR) is 78.9 cm³/mol. The van der Waals surface area contributed by atoms with Gasteiger partial charge in [-0.2, -0.15) is 0 Å². The Balaban J connectivity index is 1.55. The van der Waals surface area contributed by atoms with E-state index in [-0.39, 0.29) is 0 Å². The van der Waals surface area contributed by atoms with Crippen LogP contribution in [-0.2, 0) is 9.47 Å². The van der Waals surface area contributed by atoms with Crippen molar-refractivity contribution in [1.29, 1.82) is 0 Å². The lowest BCUT2D eigenvalue weighted by molar-refractivity contribution is -0.908. The maximum Gasteiger partial charge on any atom is 0.138 e. The molecule has 0 aliphatic carbocycles. The maximum atomic E-state index is 6.09. The van der Waals surface area contributed by atoms with Crippen molar-refractivity contribution in [2.24, 2.45) is 0 Å². The Bertz CT molecular complexity index is 408. The number of quaternary nitrogens is 1. The summed E-state index contributed by atoms with van der Waals surface area (Å²) in [5.74, 6) is 0.722. The average Bonchev–Trinajstić information content (AvgIpc) is 2.46. The summed E-state index contributed by atoms with van der Waals surface area (Å²) in [7, 11) is 0. The van der Waals surface area contributed by atoms with Crippen LogP contribution in [0.15, 0.2) is 18.2 Å². The average molecular weight is 301 g/mol. The Labute approximate surface area is 125 Å². The third kappa shape index (κ3) is 5.29. The van der Waals surface area contributed by atoms with E-state index in [2.05, 4.69) is 0 Å². The first-order chi connectivity index (χ1) is 9.75. The minimum Gasteiger partial charge on any atom is -0.490 e. The molecule has 1 aliphatic heterocycles. The van der Waals surface area contributed by atoms with Gasteiger partial charge < -0.3 is 19.1 Å². The number of halogens is 1. The molecule has 0 bridgehead atoms. The second kappa shape index (κ2) is 8.47. The van der Waals surface area contributed by atoms with Crippen LogP contribution in [0.1, 0.15) is 5.56 Å². The molecular formula is C15H23ClNO3+. The summed E-state index contributed by atoms with van der Waals surface area (Å²) in [6.07, 6.45) is 0. The van der Waals surface area contributed by atoms with Gasteiger partial charge in [0.05, 0.1) is 31.5 Å². The summed E-state index contributed by atoms with van der Waals surface area (Å²) < 4.78 is 16.5. The highest BCUT2D eigenvalue weighted by molar-refractivity contribution is 6.32. The van der Waals surface area contributed by atoms with Crippen molar-refractivity contribution in [2.75, 3.05) is 52.7 Å². The first kappa shape index (κ1) is 15.6. The summed E-state index contributed by atoms with van der Waals surface area (Å²) in [6, 6.07) is 5.79. The van der Waals surface area contributed by atoms with Gasteiger partial charge in [0.15, 0.2) is 0 Å². The molecule has 4 nitrogen and oxygen atoms in total. The summed E-state index contributed by atoms with van der Waals surface area (Å²) in [5, 5.41) is 0.655. The standard InChI is InChI=1S/C15H22ClNO3/c1-13-2-3-15(14(16)12-13)20-11-10-19-9-6-17-4-7-18-8-5-17/h2-3,12H,4-11H2,1H3/p+1. The monoisotopic (exact) mass is 300 g/mol. The largest absolute Gasteiger partial charge is 0.490 e. The Morgan fingerprint density at radius 3 is 2.75 bits per heavy atom. The molecule has 1 N–H and O–H groups in total. The molecule has 0 unspecified atom stereocenters. The van der Waals surface area contributed by atoms with E-state index in [0.717, 1.165) is 50.8 Å². The van der Waals surface area contributed by atoms with Gasteiger partial charge in [0.2, 0.25) is 0 Å². The number of rotatable bonds is 7. The molecular weight excluding hydrogens is 278 g/mol. The lowest BCUT2D eigenvalue weighted by atomic mass is 10.2. The van der Waals surface area contributed by atoms with Gasteiger partial charge in [-0.05, 0) is 24.6 Å². The highest BCUT2D eigenvalue weighted by Crippen LogP contribution is 2.24. The molecule has 0 radical (unpaired) electrons.